The van der Waals surface area contributed by atoms with E-state index in [1.165, 1.54) is 19.3 Å². The van der Waals surface area contributed by atoms with Gasteiger partial charge in [0, 0.05) is 36.1 Å². The molecule has 1 saturated heterocycles. The van der Waals surface area contributed by atoms with E-state index in [2.05, 4.69) is 37.1 Å². The number of piperidine rings is 1. The third kappa shape index (κ3) is 4.76. The van der Waals surface area contributed by atoms with Crippen LogP contribution < -0.4 is 5.32 Å². The van der Waals surface area contributed by atoms with Crippen LogP contribution in [0, 0.1) is 5.92 Å². The van der Waals surface area contributed by atoms with E-state index in [9.17, 15) is 9.59 Å². The zero-order chi connectivity index (χ0) is 22.7. The van der Waals surface area contributed by atoms with E-state index in [1.54, 1.807) is 11.3 Å². The van der Waals surface area contributed by atoms with E-state index >= 15 is 0 Å². The van der Waals surface area contributed by atoms with Crippen molar-refractivity contribution in [2.24, 2.45) is 5.92 Å². The van der Waals surface area contributed by atoms with Gasteiger partial charge in [0.25, 0.3) is 5.91 Å². The topological polar surface area (TPSA) is 52.7 Å². The number of hydrogen-bond acceptors (Lipinski definition) is 4. The molecule has 0 saturated carbocycles. The number of hydrogen-bond donors (Lipinski definition) is 1. The highest BCUT2D eigenvalue weighted by molar-refractivity contribution is 7.10. The van der Waals surface area contributed by atoms with Gasteiger partial charge in [0.05, 0.1) is 12.0 Å². The summed E-state index contributed by atoms with van der Waals surface area (Å²) in [4.78, 5) is 32.6. The van der Waals surface area contributed by atoms with Crippen LogP contribution in [0.15, 0.2) is 41.8 Å². The molecule has 5 nitrogen and oxygen atoms in total. The van der Waals surface area contributed by atoms with Gasteiger partial charge in [-0.15, -0.1) is 11.3 Å². The van der Waals surface area contributed by atoms with E-state index < -0.39 is 5.92 Å². The van der Waals surface area contributed by atoms with Gasteiger partial charge in [-0.3, -0.25) is 14.5 Å². The van der Waals surface area contributed by atoms with Gasteiger partial charge in [-0.25, -0.2) is 0 Å². The molecule has 6 heteroatoms. The van der Waals surface area contributed by atoms with Crippen molar-refractivity contribution in [3.05, 3.63) is 57.8 Å². The number of carbonyl (C=O) groups excluding carboxylic acids is 2. The van der Waals surface area contributed by atoms with E-state index in [4.69, 9.17) is 0 Å². The van der Waals surface area contributed by atoms with E-state index in [-0.39, 0.29) is 17.9 Å². The molecular formula is C26H35N3O2S. The minimum atomic E-state index is -0.403. The first-order valence-corrected chi connectivity index (χ1v) is 12.8. The zero-order valence-electron chi connectivity index (χ0n) is 19.4. The van der Waals surface area contributed by atoms with Crippen molar-refractivity contribution < 1.29 is 9.59 Å². The van der Waals surface area contributed by atoms with Crippen molar-refractivity contribution in [2.75, 3.05) is 26.2 Å². The minimum absolute atomic E-state index is 0.0155. The smallest absolute Gasteiger partial charge is 0.254 e. The maximum Gasteiger partial charge on any atom is 0.254 e. The molecule has 0 aliphatic carbocycles. The van der Waals surface area contributed by atoms with Gasteiger partial charge in [0.15, 0.2) is 0 Å². The number of thiophene rings is 1. The summed E-state index contributed by atoms with van der Waals surface area (Å²) >= 11 is 1.62. The molecule has 2 aliphatic rings. The van der Waals surface area contributed by atoms with Crippen LogP contribution in [0.5, 0.6) is 0 Å². The molecule has 2 aromatic rings. The Morgan fingerprint density at radius 1 is 1.19 bits per heavy atom. The predicted molar refractivity (Wildman–Crippen MR) is 130 cm³/mol. The monoisotopic (exact) mass is 453 g/mol. The Morgan fingerprint density at radius 2 is 2.00 bits per heavy atom. The van der Waals surface area contributed by atoms with E-state index in [0.717, 1.165) is 23.5 Å². The first-order chi connectivity index (χ1) is 15.5. The second kappa shape index (κ2) is 10.2. The number of carbonyl (C=O) groups is 2. The molecule has 1 fully saturated rings. The molecule has 3 heterocycles. The van der Waals surface area contributed by atoms with Crippen LogP contribution in [0.1, 0.15) is 72.8 Å². The summed E-state index contributed by atoms with van der Waals surface area (Å²) in [5.41, 5.74) is 1.51. The normalized spacial score (nSPS) is 23.9. The Hall–Kier alpha value is -2.18. The molecule has 0 radical (unpaired) electrons. The molecule has 32 heavy (non-hydrogen) atoms. The number of amides is 2. The van der Waals surface area contributed by atoms with Gasteiger partial charge >= 0.3 is 0 Å². The van der Waals surface area contributed by atoms with Crippen LogP contribution >= 0.6 is 11.3 Å². The maximum atomic E-state index is 13.7. The lowest BCUT2D eigenvalue weighted by Gasteiger charge is -2.42. The number of likely N-dealkylation sites (tertiary alicyclic amines) is 1. The van der Waals surface area contributed by atoms with Crippen LogP contribution in [0.25, 0.3) is 0 Å². The van der Waals surface area contributed by atoms with Gasteiger partial charge in [-0.1, -0.05) is 44.5 Å². The van der Waals surface area contributed by atoms with Crippen LogP contribution in [0.4, 0.5) is 0 Å². The molecule has 2 amide bonds. The van der Waals surface area contributed by atoms with Crippen LogP contribution in [0.3, 0.4) is 0 Å². The Kier molecular flexibility index (Phi) is 7.31. The number of rotatable bonds is 7. The number of nitrogens with zero attached hydrogens (tertiary/aromatic N) is 2. The van der Waals surface area contributed by atoms with E-state index in [0.29, 0.717) is 30.6 Å². The average molecular weight is 454 g/mol. The third-order valence-corrected chi connectivity index (χ3v) is 7.70. The average Bonchev–Trinajstić information content (AvgIpc) is 3.31. The molecule has 172 valence electrons. The Bertz CT molecular complexity index is 927. The summed E-state index contributed by atoms with van der Waals surface area (Å²) in [7, 11) is 0. The first-order valence-electron chi connectivity index (χ1n) is 11.9. The quantitative estimate of drug-likeness (QED) is 0.663. The highest BCUT2D eigenvalue weighted by atomic mass is 32.1. The zero-order valence-corrected chi connectivity index (χ0v) is 20.2. The predicted octanol–water partition coefficient (Wildman–Crippen LogP) is 4.68. The highest BCUT2D eigenvalue weighted by Crippen LogP contribution is 2.44. The molecule has 0 unspecified atom stereocenters. The Labute approximate surface area is 195 Å². The number of benzene rings is 1. The SMILES string of the molecule is CC(C)CN1C(=O)c2ccccc2[C@H](C(=O)NCCN2CCCC[C@@H]2C)[C@H]1c1cccs1. The number of fused-ring (bicyclic) bond motifs is 1. The van der Waals surface area contributed by atoms with Gasteiger partial charge in [-0.2, -0.15) is 0 Å². The van der Waals surface area contributed by atoms with Crippen molar-refractivity contribution >= 4 is 23.2 Å². The summed E-state index contributed by atoms with van der Waals surface area (Å²) < 4.78 is 0. The molecule has 1 aromatic heterocycles. The van der Waals surface area contributed by atoms with Crippen molar-refractivity contribution in [3.8, 4) is 0 Å². The maximum absolute atomic E-state index is 13.7. The van der Waals surface area contributed by atoms with Gasteiger partial charge in [0.1, 0.15) is 0 Å². The molecule has 0 bridgehead atoms. The Morgan fingerprint density at radius 3 is 2.72 bits per heavy atom. The molecule has 2 aliphatic heterocycles. The molecular weight excluding hydrogens is 418 g/mol. The molecule has 0 spiro atoms. The number of nitrogens with one attached hydrogen (secondary N) is 1. The lowest BCUT2D eigenvalue weighted by molar-refractivity contribution is -0.124. The third-order valence-electron chi connectivity index (χ3n) is 6.76. The largest absolute Gasteiger partial charge is 0.354 e. The highest BCUT2D eigenvalue weighted by Gasteiger charge is 2.44. The standard InChI is InChI=1S/C26H35N3O2S/c1-18(2)17-29-24(22-12-8-16-32-22)23(20-10-4-5-11-21(20)26(29)31)25(30)27-13-15-28-14-7-6-9-19(28)3/h4-5,8,10-12,16,18-19,23-24H,6-7,9,13-15,17H2,1-3H3,(H,27,30)/t19-,23-,24+/m0/s1. The van der Waals surface area contributed by atoms with Crippen LogP contribution in [-0.2, 0) is 4.79 Å². The fraction of sp³-hybridized carbons (Fsp3) is 0.538. The molecule has 3 atom stereocenters. The lowest BCUT2D eigenvalue weighted by Crippen LogP contribution is -2.49. The van der Waals surface area contributed by atoms with Crippen molar-refractivity contribution in [1.29, 1.82) is 0 Å². The minimum Gasteiger partial charge on any atom is -0.354 e. The van der Waals surface area contributed by atoms with Gasteiger partial charge in [0.2, 0.25) is 5.91 Å². The lowest BCUT2D eigenvalue weighted by atomic mass is 9.81. The van der Waals surface area contributed by atoms with Gasteiger partial charge < -0.3 is 10.2 Å². The fourth-order valence-electron chi connectivity index (χ4n) is 5.17. The second-order valence-electron chi connectivity index (χ2n) is 9.55. The summed E-state index contributed by atoms with van der Waals surface area (Å²) in [5.74, 6) is -0.0447. The first kappa shape index (κ1) is 23.0. The van der Waals surface area contributed by atoms with Crippen molar-refractivity contribution in [1.82, 2.24) is 15.1 Å². The van der Waals surface area contributed by atoms with Crippen molar-refractivity contribution in [2.45, 2.75) is 58.0 Å². The second-order valence-corrected chi connectivity index (χ2v) is 10.5. The summed E-state index contributed by atoms with van der Waals surface area (Å²) in [6.07, 6.45) is 3.77. The Balaban J connectivity index is 1.61. The molecule has 1 N–H and O–H groups in total. The summed E-state index contributed by atoms with van der Waals surface area (Å²) in [6, 6.07) is 12.0. The van der Waals surface area contributed by atoms with Gasteiger partial charge in [-0.05, 0) is 55.3 Å². The van der Waals surface area contributed by atoms with Crippen LogP contribution in [0.2, 0.25) is 0 Å². The summed E-state index contributed by atoms with van der Waals surface area (Å²) in [6.45, 7) is 9.77. The molecule has 1 aromatic carbocycles. The van der Waals surface area contributed by atoms with Crippen LogP contribution in [-0.4, -0.2) is 53.8 Å². The van der Waals surface area contributed by atoms with E-state index in [1.807, 2.05) is 40.6 Å². The fourth-order valence-corrected chi connectivity index (χ4v) is 6.04. The summed E-state index contributed by atoms with van der Waals surface area (Å²) in [5, 5.41) is 5.26. The molecule has 4 rings (SSSR count). The van der Waals surface area contributed by atoms with Crippen molar-refractivity contribution in [3.63, 3.8) is 0 Å².